The van der Waals surface area contributed by atoms with Crippen LogP contribution in [0.25, 0.3) is 0 Å². The summed E-state index contributed by atoms with van der Waals surface area (Å²) in [5, 5.41) is 60.9. The Kier molecular flexibility index (Phi) is 35.3. The molecular formula is C81H137N7O12. The highest BCUT2D eigenvalue weighted by Crippen LogP contribution is 2.36. The second kappa shape index (κ2) is 39.6. The molecule has 2 amide bonds. The van der Waals surface area contributed by atoms with Gasteiger partial charge in [-0.05, 0) is 122 Å². The number of amides is 2. The molecule has 4 aromatic rings. The maximum atomic E-state index is 12.3. The number of methoxy groups -OCH3 is 1. The minimum Gasteiger partial charge on any atom is -0.490 e. The van der Waals surface area contributed by atoms with E-state index in [-0.39, 0.29) is 76.7 Å². The maximum absolute atomic E-state index is 12.3. The van der Waals surface area contributed by atoms with Crippen molar-refractivity contribution < 1.29 is 54.1 Å². The van der Waals surface area contributed by atoms with Crippen LogP contribution in [0, 0.1) is 65.1 Å². The van der Waals surface area contributed by atoms with E-state index in [4.69, 9.17) is 24.1 Å². The molecule has 10 N–H and O–H groups in total. The number of ether oxygens (including phenoxy) is 4. The van der Waals surface area contributed by atoms with Crippen molar-refractivity contribution in [1.82, 2.24) is 36.1 Å². The highest BCUT2D eigenvalue weighted by Gasteiger charge is 2.49. The first-order valence-corrected chi connectivity index (χ1v) is 36.3. The topological polar surface area (TPSA) is 269 Å². The molecule has 3 aromatic carbocycles. The normalized spacial score (nSPS) is 23.3. The molecule has 0 bridgehead atoms. The highest BCUT2D eigenvalue weighted by atomic mass is 16.6. The van der Waals surface area contributed by atoms with Gasteiger partial charge in [0, 0.05) is 36.5 Å². The predicted molar refractivity (Wildman–Crippen MR) is 404 cm³/mol. The molecule has 9 rings (SSSR count). The number of carbonyl (C=O) groups excluding carboxylic acids is 2. The van der Waals surface area contributed by atoms with Crippen LogP contribution >= 0.6 is 0 Å². The second-order valence-corrected chi connectivity index (χ2v) is 35.7. The lowest BCUT2D eigenvalue weighted by Gasteiger charge is -2.37. The SMILES string of the molecule is CC(C)(C)CC1CCNC1.CC(C)(C)CC1CNC1.CC(C)(C)[C@@H]1O[C@H](CO)[C@@H](O)[C@H]1O.COc1cnc(CNC(=O)C(C)(C)C)[nH]c1=O.Cc1ccc(C(C)(C)C)cc1.Cc1ccc(C2CN(C(=O)C(C)(C)C)CCN2)cc1.Cc1ccc(COC[C@H]2O[C@@H](C(C)(C)C)[C@H](O)[C@@H]2O)cc1. The third-order valence-corrected chi connectivity index (χ3v) is 17.8. The van der Waals surface area contributed by atoms with Gasteiger partial charge in [0.25, 0.3) is 5.56 Å². The zero-order valence-corrected chi connectivity index (χ0v) is 66.2. The molecule has 2 unspecified atom stereocenters. The van der Waals surface area contributed by atoms with Crippen molar-refractivity contribution >= 4 is 11.8 Å². The van der Waals surface area contributed by atoms with Crippen LogP contribution in [-0.4, -0.2) is 167 Å². The van der Waals surface area contributed by atoms with Gasteiger partial charge in [0.1, 0.15) is 42.4 Å². The molecular weight excluding hydrogens is 1260 g/mol. The quantitative estimate of drug-likeness (QED) is 0.0669. The number of aryl methyl sites for hydroxylation is 3. The van der Waals surface area contributed by atoms with Crippen LogP contribution in [0.4, 0.5) is 0 Å². The lowest BCUT2D eigenvalue weighted by Crippen LogP contribution is -2.51. The van der Waals surface area contributed by atoms with E-state index in [9.17, 15) is 34.8 Å². The second-order valence-electron chi connectivity index (χ2n) is 35.7. The van der Waals surface area contributed by atoms with Gasteiger partial charge in [0.2, 0.25) is 17.6 Å². The van der Waals surface area contributed by atoms with Gasteiger partial charge < -0.3 is 75.6 Å². The Morgan fingerprint density at radius 3 is 1.49 bits per heavy atom. The average molecular weight is 1400 g/mol. The largest absolute Gasteiger partial charge is 0.490 e. The maximum Gasteiger partial charge on any atom is 0.293 e. The summed E-state index contributed by atoms with van der Waals surface area (Å²) in [6, 6.07) is 25.7. The van der Waals surface area contributed by atoms with E-state index in [0.29, 0.717) is 23.3 Å². The molecule has 0 spiro atoms. The van der Waals surface area contributed by atoms with Crippen molar-refractivity contribution in [1.29, 1.82) is 0 Å². The molecule has 19 nitrogen and oxygen atoms in total. The summed E-state index contributed by atoms with van der Waals surface area (Å²) >= 11 is 0. The van der Waals surface area contributed by atoms with Crippen LogP contribution in [0.5, 0.6) is 5.75 Å². The Bertz CT molecular complexity index is 3040. The van der Waals surface area contributed by atoms with Gasteiger partial charge in [0.15, 0.2) is 0 Å². The van der Waals surface area contributed by atoms with Crippen molar-refractivity contribution in [3.63, 3.8) is 0 Å². The summed E-state index contributed by atoms with van der Waals surface area (Å²) in [7, 11) is 1.40. The van der Waals surface area contributed by atoms with Gasteiger partial charge in [-0.25, -0.2) is 4.98 Å². The molecule has 0 aliphatic carbocycles. The monoisotopic (exact) mass is 1400 g/mol. The van der Waals surface area contributed by atoms with Crippen LogP contribution in [0.1, 0.15) is 210 Å². The molecule has 0 saturated carbocycles. The molecule has 1 aromatic heterocycles. The van der Waals surface area contributed by atoms with Crippen molar-refractivity contribution in [2.75, 3.05) is 66.1 Å². The Morgan fingerprint density at radius 1 is 0.620 bits per heavy atom. The van der Waals surface area contributed by atoms with Gasteiger partial charge in [0.05, 0.1) is 51.9 Å². The number of nitrogens with one attached hydrogen (secondary N) is 5. The third kappa shape index (κ3) is 32.2. The number of hydrogen-bond acceptors (Lipinski definition) is 16. The van der Waals surface area contributed by atoms with E-state index >= 15 is 0 Å². The van der Waals surface area contributed by atoms with E-state index in [1.165, 1.54) is 86.6 Å². The third-order valence-electron chi connectivity index (χ3n) is 17.8. The van der Waals surface area contributed by atoms with E-state index in [1.54, 1.807) is 0 Å². The van der Waals surface area contributed by atoms with Crippen LogP contribution in [0.2, 0.25) is 0 Å². The van der Waals surface area contributed by atoms with Gasteiger partial charge in [-0.1, -0.05) is 235 Å². The minimum absolute atomic E-state index is 0.101. The molecule has 10 atom stereocenters. The van der Waals surface area contributed by atoms with Crippen LogP contribution in [0.3, 0.4) is 0 Å². The number of hydrogen-bond donors (Lipinski definition) is 10. The van der Waals surface area contributed by atoms with Crippen LogP contribution < -0.4 is 31.6 Å². The Labute approximate surface area is 602 Å². The fourth-order valence-corrected chi connectivity index (χ4v) is 11.9. The fraction of sp³-hybridized carbons (Fsp3) is 0.704. The van der Waals surface area contributed by atoms with Gasteiger partial charge in [-0.3, -0.25) is 14.4 Å². The molecule has 6 heterocycles. The molecule has 5 saturated heterocycles. The summed E-state index contributed by atoms with van der Waals surface area (Å²) in [5.41, 5.74) is 7.34. The Hall–Kier alpha value is -5.16. The smallest absolute Gasteiger partial charge is 0.293 e. The predicted octanol–water partition coefficient (Wildman–Crippen LogP) is 11.5. The van der Waals surface area contributed by atoms with Crippen molar-refractivity contribution in [3.8, 4) is 5.75 Å². The molecule has 5 aliphatic rings. The van der Waals surface area contributed by atoms with Gasteiger partial charge in [-0.15, -0.1) is 0 Å². The molecule has 568 valence electrons. The lowest BCUT2D eigenvalue weighted by atomic mass is 9.82. The van der Waals surface area contributed by atoms with E-state index in [1.807, 2.05) is 119 Å². The van der Waals surface area contributed by atoms with Crippen molar-refractivity contribution in [2.24, 2.45) is 44.3 Å². The minimum atomic E-state index is -0.978. The Morgan fingerprint density at radius 2 is 1.10 bits per heavy atom. The fourth-order valence-electron chi connectivity index (χ4n) is 11.9. The van der Waals surface area contributed by atoms with E-state index < -0.39 is 48.1 Å². The summed E-state index contributed by atoms with van der Waals surface area (Å²) in [4.78, 5) is 43.8. The Balaban J connectivity index is 0.000000309. The van der Waals surface area contributed by atoms with E-state index in [2.05, 4.69) is 156 Å². The number of aliphatic hydroxyl groups is 5. The van der Waals surface area contributed by atoms with E-state index in [0.717, 1.165) is 37.0 Å². The lowest BCUT2D eigenvalue weighted by molar-refractivity contribution is -0.140. The van der Waals surface area contributed by atoms with Gasteiger partial charge >= 0.3 is 0 Å². The summed E-state index contributed by atoms with van der Waals surface area (Å²) in [6.07, 6.45) is -0.0973. The zero-order chi connectivity index (χ0) is 75.9. The number of aromatic amines is 1. The molecule has 0 radical (unpaired) electrons. The number of aliphatic hydroxyl groups excluding tert-OH is 5. The first-order valence-electron chi connectivity index (χ1n) is 36.3. The van der Waals surface area contributed by atoms with Crippen LogP contribution in [-0.2, 0) is 42.4 Å². The number of carbonyl (C=O) groups is 2. The molecule has 5 aliphatic heterocycles. The van der Waals surface area contributed by atoms with Crippen molar-refractivity contribution in [3.05, 3.63) is 129 Å². The highest BCUT2D eigenvalue weighted by molar-refractivity contribution is 5.82. The number of aromatic nitrogens is 2. The summed E-state index contributed by atoms with van der Waals surface area (Å²) in [6.45, 7) is 58.1. The number of H-pyrrole nitrogens is 1. The van der Waals surface area contributed by atoms with Crippen LogP contribution in [0.15, 0.2) is 83.8 Å². The number of benzene rings is 3. The number of nitrogens with zero attached hydrogens (tertiary/aromatic N) is 2. The number of piperazine rings is 1. The first-order chi connectivity index (χ1) is 46.0. The molecule has 19 heteroatoms. The number of rotatable bonds is 11. The zero-order valence-electron chi connectivity index (χ0n) is 66.2. The molecule has 100 heavy (non-hydrogen) atoms. The van der Waals surface area contributed by atoms with Crippen molar-refractivity contribution in [2.45, 2.75) is 259 Å². The molecule has 5 fully saturated rings. The summed E-state index contributed by atoms with van der Waals surface area (Å²) in [5.74, 6) is 2.59. The average Bonchev–Trinajstić information content (AvgIpc) is 1.64. The van der Waals surface area contributed by atoms with Gasteiger partial charge in [-0.2, -0.15) is 0 Å². The first kappa shape index (κ1) is 89.1. The summed E-state index contributed by atoms with van der Waals surface area (Å²) < 4.78 is 21.5. The standard InChI is InChI=1S/C17H26O4.C16H24N2O.C11H17N3O3.C11H16.C9H19N.C9H18O4.C8H17N/c1-11-5-7-12(8-6-11)9-20-10-13-14(18)15(19)16(21-13)17(2,3)4;1-12-5-7-13(8-6-12)14-11-18(10-9-17-14)15(19)16(2,3)4;1-11(2,3)10(16)13-6-8-12-5-7(17-4)9(15)14-8;1-9-5-7-10(8-6-9)11(2,3)4;1-9(2,3)6-8-4-5-10-7-8;1-9(2,3)8-7(12)6(11)5(4-10)13-8;1-8(2,3)4-7-5-9-6-7/h5-8,13-16,18-19H,9-10H2,1-4H3;5-8,14,17H,9-11H2,1-4H3;5H,6H2,1-4H3,(H,13,16)(H,12,14,15);5-8H,1-4H3;8,10H,4-7H2,1-3H3;5-8,10-12H,4H2,1-3H3;7,9H,4-6H2,1-3H3/t13-,14-,15-,16-;;;;;5-,6-,7-,8-;/m1....1./s1.